The molecule has 0 aromatic carbocycles. The number of rotatable bonds is 9. The molecule has 1 fully saturated rings. The van der Waals surface area contributed by atoms with Crippen molar-refractivity contribution in [1.82, 2.24) is 0 Å². The van der Waals surface area contributed by atoms with E-state index in [1.807, 2.05) is 0 Å². The lowest BCUT2D eigenvalue weighted by Crippen LogP contribution is -2.48. The van der Waals surface area contributed by atoms with E-state index in [2.05, 4.69) is 65.0 Å². The van der Waals surface area contributed by atoms with Gasteiger partial charge in [0.1, 0.15) is 0 Å². The molecule has 0 radical (unpaired) electrons. The summed E-state index contributed by atoms with van der Waals surface area (Å²) < 4.78 is 12.8. The Bertz CT molecular complexity index is 317. The van der Waals surface area contributed by atoms with E-state index in [9.17, 15) is 0 Å². The molecule has 0 saturated heterocycles. The van der Waals surface area contributed by atoms with Crippen molar-refractivity contribution in [1.29, 1.82) is 0 Å². The van der Waals surface area contributed by atoms with Gasteiger partial charge in [-0.15, -0.1) is 0 Å². The first-order valence-corrected chi connectivity index (χ1v) is 16.6. The Morgan fingerprint density at radius 2 is 1.59 bits per heavy atom. The quantitative estimate of drug-likeness (QED) is 0.237. The Labute approximate surface area is 157 Å². The summed E-state index contributed by atoms with van der Waals surface area (Å²) in [6.45, 7) is 11.5. The van der Waals surface area contributed by atoms with Gasteiger partial charge in [-0.05, 0) is 45.1 Å². The van der Waals surface area contributed by atoms with Gasteiger partial charge in [-0.25, -0.2) is 0 Å². The molecule has 1 aliphatic rings. The summed E-state index contributed by atoms with van der Waals surface area (Å²) in [6.07, 6.45) is 8.16. The van der Waals surface area contributed by atoms with E-state index < -0.39 is 17.4 Å². The van der Waals surface area contributed by atoms with Crippen LogP contribution in [0.25, 0.3) is 0 Å². The zero-order chi connectivity index (χ0) is 16.8. The van der Waals surface area contributed by atoms with Crippen molar-refractivity contribution in [3.63, 3.8) is 0 Å². The van der Waals surface area contributed by atoms with E-state index in [-0.39, 0.29) is 0 Å². The molecular formula is C16H34Br2O2Si2. The van der Waals surface area contributed by atoms with Crippen LogP contribution in [0.3, 0.4) is 0 Å². The van der Waals surface area contributed by atoms with Crippen LogP contribution in [0.1, 0.15) is 45.4 Å². The highest BCUT2D eigenvalue weighted by atomic mass is 79.9. The normalized spacial score (nSPS) is 30.0. The molecule has 2 nitrogen and oxygen atoms in total. The second-order valence-corrected chi connectivity index (χ2v) is 16.4. The maximum atomic E-state index is 6.61. The highest BCUT2D eigenvalue weighted by molar-refractivity contribution is 9.10. The minimum Gasteiger partial charge on any atom is -0.417 e. The Kier molecular flexibility index (Phi) is 10.0. The Balaban J connectivity index is 2.45. The van der Waals surface area contributed by atoms with Crippen LogP contribution in [0.4, 0.5) is 0 Å². The van der Waals surface area contributed by atoms with Crippen LogP contribution in [0, 0.1) is 0 Å². The summed E-state index contributed by atoms with van der Waals surface area (Å²) in [6, 6.07) is 1.29. The van der Waals surface area contributed by atoms with Crippen molar-refractivity contribution in [2.75, 3.05) is 0 Å². The molecule has 1 rings (SSSR count). The smallest absolute Gasteiger partial charge is 0.187 e. The molecule has 4 atom stereocenters. The molecule has 1 aliphatic carbocycles. The third-order valence-electron chi connectivity index (χ3n) is 4.27. The number of hydrogen-bond acceptors (Lipinski definition) is 2. The Morgan fingerprint density at radius 3 is 2.18 bits per heavy atom. The van der Waals surface area contributed by atoms with Gasteiger partial charge < -0.3 is 8.85 Å². The molecule has 6 heteroatoms. The lowest BCUT2D eigenvalue weighted by atomic mass is 9.95. The lowest BCUT2D eigenvalue weighted by Gasteiger charge is -2.41. The number of alkyl halides is 2. The fourth-order valence-corrected chi connectivity index (χ4v) is 8.23. The van der Waals surface area contributed by atoms with E-state index in [0.717, 1.165) is 12.8 Å². The summed E-state index contributed by atoms with van der Waals surface area (Å²) in [5.41, 5.74) is 0. The zero-order valence-electron chi connectivity index (χ0n) is 14.9. The predicted molar refractivity (Wildman–Crippen MR) is 110 cm³/mol. The maximum absolute atomic E-state index is 6.61. The van der Waals surface area contributed by atoms with Gasteiger partial charge in [-0.3, -0.25) is 0 Å². The fraction of sp³-hybridized carbons (Fsp3) is 1.00. The third kappa shape index (κ3) is 7.92. The summed E-state index contributed by atoms with van der Waals surface area (Å²) in [4.78, 5) is 0.868. The molecule has 132 valence electrons. The van der Waals surface area contributed by atoms with Crippen LogP contribution in [-0.2, 0) is 8.85 Å². The summed E-state index contributed by atoms with van der Waals surface area (Å²) in [5.74, 6) is 0. The fourth-order valence-electron chi connectivity index (χ4n) is 3.10. The van der Waals surface area contributed by atoms with E-state index in [4.69, 9.17) is 8.85 Å². The van der Waals surface area contributed by atoms with Gasteiger partial charge in [0.05, 0.1) is 12.2 Å². The summed E-state index contributed by atoms with van der Waals surface area (Å²) >= 11 is 7.71. The van der Waals surface area contributed by atoms with Gasteiger partial charge >= 0.3 is 0 Å². The van der Waals surface area contributed by atoms with Crippen molar-refractivity contribution in [2.45, 2.75) is 99.5 Å². The van der Waals surface area contributed by atoms with E-state index in [1.165, 1.54) is 31.7 Å². The van der Waals surface area contributed by atoms with Gasteiger partial charge in [0.25, 0.3) is 0 Å². The van der Waals surface area contributed by atoms with Crippen LogP contribution in [0.5, 0.6) is 0 Å². The first-order valence-electron chi connectivity index (χ1n) is 8.86. The first kappa shape index (κ1) is 21.4. The van der Waals surface area contributed by atoms with Gasteiger partial charge in [0.2, 0.25) is 0 Å². The van der Waals surface area contributed by atoms with E-state index >= 15 is 0 Å². The van der Waals surface area contributed by atoms with Crippen LogP contribution >= 0.6 is 31.9 Å². The number of unbranched alkanes of at least 4 members (excludes halogenated alkanes) is 3. The van der Waals surface area contributed by atoms with Crippen LogP contribution in [0.15, 0.2) is 0 Å². The minimum absolute atomic E-state index is 0.339. The van der Waals surface area contributed by atoms with Crippen LogP contribution in [-0.4, -0.2) is 39.2 Å². The van der Waals surface area contributed by atoms with Crippen LogP contribution in [0.2, 0.25) is 32.2 Å². The Morgan fingerprint density at radius 1 is 1.00 bits per heavy atom. The molecule has 0 amide bonds. The molecule has 1 saturated carbocycles. The standard InChI is InChI=1S/C16H34Br2O2Si2/c1-6-7-8-9-10-22(4,5)20-16-12-13(17)15(11-14(16)18)19-21(2)3/h13-16,21H,6-12H2,1-5H3. The minimum atomic E-state index is -1.55. The highest BCUT2D eigenvalue weighted by Crippen LogP contribution is 2.35. The molecule has 0 spiro atoms. The molecule has 22 heavy (non-hydrogen) atoms. The second kappa shape index (κ2) is 10.3. The molecule has 0 bridgehead atoms. The van der Waals surface area contributed by atoms with Crippen molar-refractivity contribution in [2.24, 2.45) is 0 Å². The van der Waals surface area contributed by atoms with Crippen molar-refractivity contribution in [3.8, 4) is 0 Å². The molecule has 0 aromatic rings. The average Bonchev–Trinajstić information content (AvgIpc) is 2.40. The molecule has 0 N–H and O–H groups in total. The number of hydrogen-bond donors (Lipinski definition) is 0. The zero-order valence-corrected chi connectivity index (χ0v) is 20.2. The topological polar surface area (TPSA) is 18.5 Å². The predicted octanol–water partition coefficient (Wildman–Crippen LogP) is 5.85. The van der Waals surface area contributed by atoms with Gasteiger partial charge in [-0.2, -0.15) is 0 Å². The summed E-state index contributed by atoms with van der Waals surface area (Å²) in [7, 11) is -2.53. The molecule has 0 aromatic heterocycles. The van der Waals surface area contributed by atoms with Gasteiger partial charge in [0, 0.05) is 9.65 Å². The Hall–Kier alpha value is 1.31. The van der Waals surface area contributed by atoms with Crippen molar-refractivity contribution >= 4 is 49.2 Å². The van der Waals surface area contributed by atoms with Gasteiger partial charge in [-0.1, -0.05) is 64.5 Å². The summed E-state index contributed by atoms with van der Waals surface area (Å²) in [5, 5.41) is 0. The molecular weight excluding hydrogens is 440 g/mol. The largest absolute Gasteiger partial charge is 0.417 e. The van der Waals surface area contributed by atoms with Crippen LogP contribution < -0.4 is 0 Å². The molecule has 0 heterocycles. The van der Waals surface area contributed by atoms with Gasteiger partial charge in [0.15, 0.2) is 17.4 Å². The second-order valence-electron chi connectivity index (χ2n) is 7.45. The van der Waals surface area contributed by atoms with E-state index in [0.29, 0.717) is 21.9 Å². The monoisotopic (exact) mass is 472 g/mol. The number of halogens is 2. The van der Waals surface area contributed by atoms with E-state index in [1.54, 1.807) is 0 Å². The molecule has 0 aliphatic heterocycles. The SMILES string of the molecule is CCCCCC[Si](C)(C)OC1CC(Br)C(O[SiH](C)C)CC1Br. The lowest BCUT2D eigenvalue weighted by molar-refractivity contribution is 0.0900. The van der Waals surface area contributed by atoms with Crippen molar-refractivity contribution < 1.29 is 8.85 Å². The first-order chi connectivity index (χ1) is 10.2. The highest BCUT2D eigenvalue weighted by Gasteiger charge is 2.39. The average molecular weight is 474 g/mol. The van der Waals surface area contributed by atoms with Crippen molar-refractivity contribution in [3.05, 3.63) is 0 Å². The third-order valence-corrected chi connectivity index (χ3v) is 9.59. The maximum Gasteiger partial charge on any atom is 0.187 e. The molecule has 4 unspecified atom stereocenters.